The summed E-state index contributed by atoms with van der Waals surface area (Å²) in [5, 5.41) is 0.672. The minimum Gasteiger partial charge on any atom is -0.302 e. The van der Waals surface area contributed by atoms with Gasteiger partial charge < -0.3 is 4.90 Å². The topological polar surface area (TPSA) is 15.6 Å². The van der Waals surface area contributed by atoms with E-state index in [0.717, 1.165) is 34.8 Å². The van der Waals surface area contributed by atoms with Gasteiger partial charge in [0, 0.05) is 17.5 Å². The maximum Gasteiger partial charge on any atom is 0.146 e. The van der Waals surface area contributed by atoms with Crippen molar-refractivity contribution in [3.8, 4) is 0 Å². The van der Waals surface area contributed by atoms with E-state index < -0.39 is 0 Å². The summed E-state index contributed by atoms with van der Waals surface area (Å²) < 4.78 is 0. The smallest absolute Gasteiger partial charge is 0.146 e. The van der Waals surface area contributed by atoms with E-state index in [-0.39, 0.29) is 0 Å². The van der Waals surface area contributed by atoms with Crippen molar-refractivity contribution in [3.63, 3.8) is 0 Å². The summed E-state index contributed by atoms with van der Waals surface area (Å²) in [4.78, 5) is 7.04. The highest BCUT2D eigenvalue weighted by molar-refractivity contribution is 6.35. The van der Waals surface area contributed by atoms with Crippen LogP contribution in [0.25, 0.3) is 0 Å². The Morgan fingerprint density at radius 2 is 1.79 bits per heavy atom. The molecule has 0 saturated carbocycles. The summed E-state index contributed by atoms with van der Waals surface area (Å²) in [6, 6.07) is 22.4. The first-order valence-corrected chi connectivity index (χ1v) is 9.83. The van der Waals surface area contributed by atoms with Crippen LogP contribution in [-0.4, -0.2) is 5.84 Å². The molecule has 3 rings (SSSR count). The second kappa shape index (κ2) is 8.90. The summed E-state index contributed by atoms with van der Waals surface area (Å²) in [7, 11) is 0. The summed E-state index contributed by atoms with van der Waals surface area (Å²) in [6.07, 6.45) is 2.75. The number of aryl methyl sites for hydroxylation is 2. The zero-order chi connectivity index (χ0) is 20.1. The number of aliphatic imine (C=N–C) groups is 1. The van der Waals surface area contributed by atoms with Gasteiger partial charge in [0.05, 0.1) is 10.7 Å². The number of hydrogen-bond donors (Lipinski definition) is 0. The van der Waals surface area contributed by atoms with Gasteiger partial charge in [-0.2, -0.15) is 0 Å². The lowest BCUT2D eigenvalue weighted by Crippen LogP contribution is -2.26. The van der Waals surface area contributed by atoms with E-state index in [1.165, 1.54) is 11.1 Å². The van der Waals surface area contributed by atoms with Crippen molar-refractivity contribution < 1.29 is 0 Å². The van der Waals surface area contributed by atoms with Crippen molar-refractivity contribution in [3.05, 3.63) is 107 Å². The van der Waals surface area contributed by atoms with Crippen LogP contribution in [0.5, 0.6) is 0 Å². The fraction of sp³-hybridized carbons (Fsp3) is 0.160. The zero-order valence-electron chi connectivity index (χ0n) is 16.6. The Labute approximate surface area is 172 Å². The highest BCUT2D eigenvalue weighted by Gasteiger charge is 2.17. The number of amidine groups is 1. The van der Waals surface area contributed by atoms with E-state index >= 15 is 0 Å². The second-order valence-electron chi connectivity index (χ2n) is 6.72. The van der Waals surface area contributed by atoms with Crippen LogP contribution >= 0.6 is 11.6 Å². The average molecular weight is 389 g/mol. The Balaban J connectivity index is 2.24. The lowest BCUT2D eigenvalue weighted by Gasteiger charge is -2.24. The van der Waals surface area contributed by atoms with Crippen molar-refractivity contribution in [2.24, 2.45) is 4.99 Å². The summed E-state index contributed by atoms with van der Waals surface area (Å²) in [5.74, 6) is 0.752. The molecule has 2 nitrogen and oxygen atoms in total. The first-order chi connectivity index (χ1) is 13.5. The Hall–Kier alpha value is -2.84. The minimum absolute atomic E-state index is 0.672. The molecule has 0 amide bonds. The minimum atomic E-state index is 0.672. The molecule has 3 aromatic rings. The van der Waals surface area contributed by atoms with E-state index in [9.17, 15) is 0 Å². The van der Waals surface area contributed by atoms with Crippen molar-refractivity contribution >= 4 is 28.8 Å². The molecule has 0 fully saturated rings. The maximum atomic E-state index is 6.64. The van der Waals surface area contributed by atoms with Crippen LogP contribution in [0.1, 0.15) is 29.2 Å². The number of anilines is 1. The molecule has 0 aliphatic rings. The molecule has 0 saturated heterocycles. The average Bonchev–Trinajstić information content (AvgIpc) is 2.70. The van der Waals surface area contributed by atoms with E-state index in [2.05, 4.69) is 38.6 Å². The van der Waals surface area contributed by atoms with Gasteiger partial charge in [0.15, 0.2) is 0 Å². The van der Waals surface area contributed by atoms with Crippen LogP contribution < -0.4 is 4.90 Å². The van der Waals surface area contributed by atoms with Crippen molar-refractivity contribution in [2.75, 3.05) is 4.90 Å². The monoisotopic (exact) mass is 388 g/mol. The lowest BCUT2D eigenvalue weighted by atomic mass is 10.0. The van der Waals surface area contributed by atoms with Gasteiger partial charge in [-0.3, -0.25) is 0 Å². The molecule has 0 bridgehead atoms. The molecule has 0 heterocycles. The molecular formula is C25H25ClN2. The van der Waals surface area contributed by atoms with E-state index in [4.69, 9.17) is 16.6 Å². The quantitative estimate of drug-likeness (QED) is 0.332. The number of para-hydroxylation sites is 1. The number of hydrogen-bond acceptors (Lipinski definition) is 1. The summed E-state index contributed by atoms with van der Waals surface area (Å²) in [5.41, 5.74) is 6.38. The van der Waals surface area contributed by atoms with Crippen LogP contribution in [-0.2, 0) is 6.42 Å². The predicted molar refractivity (Wildman–Crippen MR) is 122 cm³/mol. The van der Waals surface area contributed by atoms with Crippen LogP contribution in [0.4, 0.5) is 11.4 Å². The molecule has 0 N–H and O–H groups in total. The van der Waals surface area contributed by atoms with E-state index in [1.54, 1.807) is 6.20 Å². The highest BCUT2D eigenvalue weighted by atomic mass is 35.5. The molecule has 0 unspecified atom stereocenters. The molecule has 0 aliphatic carbocycles. The Bertz CT molecular complexity index is 1010. The fourth-order valence-electron chi connectivity index (χ4n) is 3.24. The first-order valence-electron chi connectivity index (χ1n) is 9.45. The third-order valence-corrected chi connectivity index (χ3v) is 5.15. The van der Waals surface area contributed by atoms with Gasteiger partial charge in [0.2, 0.25) is 0 Å². The molecule has 0 atom stereocenters. The molecule has 142 valence electrons. The van der Waals surface area contributed by atoms with Gasteiger partial charge in [-0.25, -0.2) is 4.99 Å². The van der Waals surface area contributed by atoms with Crippen molar-refractivity contribution in [1.29, 1.82) is 0 Å². The van der Waals surface area contributed by atoms with E-state index in [0.29, 0.717) is 5.02 Å². The zero-order valence-corrected chi connectivity index (χ0v) is 17.4. The SMILES string of the molecule is C=CN(/C(=N\c1cccc(CC)c1C)c1ccc(C)cc1Cl)c1ccccc1. The molecule has 0 radical (unpaired) electrons. The first kappa shape index (κ1) is 19.9. The van der Waals surface area contributed by atoms with Crippen LogP contribution in [0.3, 0.4) is 0 Å². The largest absolute Gasteiger partial charge is 0.302 e. The fourth-order valence-corrected chi connectivity index (χ4v) is 3.56. The summed E-state index contributed by atoms with van der Waals surface area (Å²) >= 11 is 6.64. The predicted octanol–water partition coefficient (Wildman–Crippen LogP) is 7.25. The van der Waals surface area contributed by atoms with Crippen molar-refractivity contribution in [1.82, 2.24) is 0 Å². The lowest BCUT2D eigenvalue weighted by molar-refractivity contribution is 1.11. The molecule has 0 aliphatic heterocycles. The van der Waals surface area contributed by atoms with Crippen LogP contribution in [0.2, 0.25) is 5.02 Å². The number of rotatable bonds is 5. The Kier molecular flexibility index (Phi) is 6.33. The van der Waals surface area contributed by atoms with Gasteiger partial charge in [-0.15, -0.1) is 0 Å². The highest BCUT2D eigenvalue weighted by Crippen LogP contribution is 2.29. The third kappa shape index (κ3) is 4.18. The molecule has 3 heteroatoms. The van der Waals surface area contributed by atoms with Gasteiger partial charge in [-0.1, -0.05) is 61.5 Å². The second-order valence-corrected chi connectivity index (χ2v) is 7.13. The number of nitrogens with zero attached hydrogens (tertiary/aromatic N) is 2. The van der Waals surface area contributed by atoms with Gasteiger partial charge in [0.25, 0.3) is 0 Å². The molecule has 28 heavy (non-hydrogen) atoms. The number of benzene rings is 3. The maximum absolute atomic E-state index is 6.64. The molecule has 0 aromatic heterocycles. The number of halogens is 1. The Morgan fingerprint density at radius 1 is 1.04 bits per heavy atom. The van der Waals surface area contributed by atoms with Crippen molar-refractivity contribution in [2.45, 2.75) is 27.2 Å². The summed E-state index contributed by atoms with van der Waals surface area (Å²) in [6.45, 7) is 10.3. The molecular weight excluding hydrogens is 364 g/mol. The molecule has 0 spiro atoms. The van der Waals surface area contributed by atoms with Crippen LogP contribution in [0.15, 0.2) is 84.5 Å². The standard InChI is InChI=1S/C25H25ClN2/c1-5-20-11-10-14-24(19(20)4)27-25(22-16-15-18(3)17-23(22)26)28(6-2)21-12-8-7-9-13-21/h6-17H,2,5H2,1,3-4H3/b27-25-. The van der Waals surface area contributed by atoms with Gasteiger partial charge in [-0.05, 0) is 67.3 Å². The van der Waals surface area contributed by atoms with E-state index in [1.807, 2.05) is 60.4 Å². The van der Waals surface area contributed by atoms with Crippen LogP contribution in [0, 0.1) is 13.8 Å². The van der Waals surface area contributed by atoms with Gasteiger partial charge >= 0.3 is 0 Å². The normalized spacial score (nSPS) is 11.4. The van der Waals surface area contributed by atoms with Gasteiger partial charge in [0.1, 0.15) is 5.84 Å². The third-order valence-electron chi connectivity index (χ3n) is 4.84. The Morgan fingerprint density at radius 3 is 2.43 bits per heavy atom. The molecule has 3 aromatic carbocycles.